The Morgan fingerprint density at radius 1 is 1.08 bits per heavy atom. The van der Waals surface area contributed by atoms with Crippen LogP contribution in [0.1, 0.15) is 23.0 Å². The van der Waals surface area contributed by atoms with Crippen molar-refractivity contribution in [3.8, 4) is 28.3 Å². The third-order valence-corrected chi connectivity index (χ3v) is 4.37. The first-order chi connectivity index (χ1) is 12.5. The topological polar surface area (TPSA) is 55.0 Å². The number of nitriles is 1. The number of halogens is 1. The van der Waals surface area contributed by atoms with Crippen LogP contribution in [-0.2, 0) is 11.8 Å². The van der Waals surface area contributed by atoms with Gasteiger partial charge in [-0.1, -0.05) is 48.0 Å². The third-order valence-electron chi connectivity index (χ3n) is 4.12. The molecule has 0 amide bonds. The van der Waals surface area contributed by atoms with Crippen molar-refractivity contribution >= 4 is 17.6 Å². The number of carbonyl (C=O) groups excluding carboxylic acids is 1. The molecule has 1 heterocycles. The molecule has 0 radical (unpaired) electrons. The molecule has 0 unspecified atom stereocenters. The number of benzene rings is 2. The average molecular weight is 365 g/mol. The van der Waals surface area contributed by atoms with Gasteiger partial charge in [-0.05, 0) is 35.7 Å². The van der Waals surface area contributed by atoms with Crippen molar-refractivity contribution in [2.75, 3.05) is 6.61 Å². The molecule has 0 N–H and O–H groups in total. The quantitative estimate of drug-likeness (QED) is 0.608. The Labute approximate surface area is 157 Å². The summed E-state index contributed by atoms with van der Waals surface area (Å²) in [4.78, 5) is 12.3. The zero-order valence-electron chi connectivity index (χ0n) is 14.5. The lowest BCUT2D eigenvalue weighted by Gasteiger charge is -2.09. The molecule has 0 atom stereocenters. The number of carbonyl (C=O) groups is 1. The molecule has 0 fully saturated rings. The van der Waals surface area contributed by atoms with E-state index in [4.69, 9.17) is 16.3 Å². The predicted octanol–water partition coefficient (Wildman–Crippen LogP) is 5.06. The minimum Gasteiger partial charge on any atom is -0.461 e. The van der Waals surface area contributed by atoms with Gasteiger partial charge in [0.25, 0.3) is 0 Å². The van der Waals surface area contributed by atoms with E-state index in [1.165, 1.54) is 0 Å². The summed E-state index contributed by atoms with van der Waals surface area (Å²) in [6.07, 6.45) is 1.65. The maximum Gasteiger partial charge on any atom is 0.355 e. The summed E-state index contributed by atoms with van der Waals surface area (Å²) >= 11 is 5.94. The predicted molar refractivity (Wildman–Crippen MR) is 102 cm³/mol. The number of nitrogens with zero attached hydrogens (tertiary/aromatic N) is 2. The van der Waals surface area contributed by atoms with Crippen LogP contribution >= 0.6 is 11.6 Å². The minimum atomic E-state index is -0.437. The summed E-state index contributed by atoms with van der Waals surface area (Å²) in [6.45, 7) is 2.04. The van der Waals surface area contributed by atoms with Crippen LogP contribution in [-0.4, -0.2) is 17.1 Å². The molecule has 3 aromatic rings. The van der Waals surface area contributed by atoms with Gasteiger partial charge in [0.05, 0.1) is 12.2 Å². The molecule has 26 heavy (non-hydrogen) atoms. The van der Waals surface area contributed by atoms with Crippen molar-refractivity contribution in [1.29, 1.82) is 5.26 Å². The highest BCUT2D eigenvalue weighted by Gasteiger charge is 2.22. The Hall–Kier alpha value is -3.03. The number of aromatic nitrogens is 1. The molecule has 4 nitrogen and oxygen atoms in total. The van der Waals surface area contributed by atoms with Crippen molar-refractivity contribution in [1.82, 2.24) is 4.57 Å². The number of rotatable bonds is 4. The summed E-state index contributed by atoms with van der Waals surface area (Å²) in [5.41, 5.74) is 4.27. The molecule has 0 spiro atoms. The minimum absolute atomic E-state index is 0.279. The fraction of sp³-hybridized carbons (Fsp3) is 0.143. The summed E-state index contributed by atoms with van der Waals surface area (Å²) < 4.78 is 6.79. The van der Waals surface area contributed by atoms with Crippen molar-refractivity contribution in [2.24, 2.45) is 7.05 Å². The second-order valence-electron chi connectivity index (χ2n) is 5.79. The largest absolute Gasteiger partial charge is 0.461 e. The van der Waals surface area contributed by atoms with E-state index in [2.05, 4.69) is 6.07 Å². The molecule has 130 valence electrons. The lowest BCUT2D eigenvalue weighted by atomic mass is 9.98. The van der Waals surface area contributed by atoms with Crippen molar-refractivity contribution in [3.05, 3.63) is 71.0 Å². The lowest BCUT2D eigenvalue weighted by molar-refractivity contribution is 0.0516. The molecule has 0 aliphatic carbocycles. The van der Waals surface area contributed by atoms with Gasteiger partial charge in [-0.15, -0.1) is 0 Å². The van der Waals surface area contributed by atoms with Gasteiger partial charge in [-0.3, -0.25) is 0 Å². The SMILES string of the molecule is CCOC(=O)c1c(-c2ccc(-c3ccc(Cl)cc3)cc2)c(C#N)cn1C. The molecule has 3 rings (SSSR count). The monoisotopic (exact) mass is 364 g/mol. The number of ether oxygens (including phenoxy) is 1. The van der Waals surface area contributed by atoms with Crippen LogP contribution in [0, 0.1) is 11.3 Å². The Kier molecular flexibility index (Phi) is 5.11. The molecule has 2 aromatic carbocycles. The van der Waals surface area contributed by atoms with Crippen LogP contribution < -0.4 is 0 Å². The van der Waals surface area contributed by atoms with Gasteiger partial charge < -0.3 is 9.30 Å². The van der Waals surface area contributed by atoms with E-state index in [1.807, 2.05) is 48.5 Å². The van der Waals surface area contributed by atoms with E-state index < -0.39 is 5.97 Å². The zero-order valence-corrected chi connectivity index (χ0v) is 15.2. The summed E-state index contributed by atoms with van der Waals surface area (Å²) in [5, 5.41) is 10.1. The maximum atomic E-state index is 12.3. The van der Waals surface area contributed by atoms with Crippen molar-refractivity contribution in [3.63, 3.8) is 0 Å². The van der Waals surface area contributed by atoms with Crippen LogP contribution in [0.3, 0.4) is 0 Å². The maximum absolute atomic E-state index is 12.3. The van der Waals surface area contributed by atoms with Crippen molar-refractivity contribution in [2.45, 2.75) is 6.92 Å². The summed E-state index contributed by atoms with van der Waals surface area (Å²) in [6, 6.07) is 17.5. The van der Waals surface area contributed by atoms with Crippen LogP contribution in [0.15, 0.2) is 54.7 Å². The second kappa shape index (κ2) is 7.47. The van der Waals surface area contributed by atoms with Gasteiger partial charge in [-0.2, -0.15) is 5.26 Å². The number of hydrogen-bond donors (Lipinski definition) is 0. The highest BCUT2D eigenvalue weighted by atomic mass is 35.5. The van der Waals surface area contributed by atoms with Gasteiger partial charge in [0, 0.05) is 23.8 Å². The molecule has 0 saturated heterocycles. The van der Waals surface area contributed by atoms with Gasteiger partial charge in [-0.25, -0.2) is 4.79 Å². The number of esters is 1. The molecule has 0 aliphatic heterocycles. The normalized spacial score (nSPS) is 10.4. The van der Waals surface area contributed by atoms with E-state index in [0.29, 0.717) is 21.8 Å². The molecule has 5 heteroatoms. The highest BCUT2D eigenvalue weighted by Crippen LogP contribution is 2.31. The first kappa shape index (κ1) is 17.8. The van der Waals surface area contributed by atoms with Crippen LogP contribution in [0.2, 0.25) is 5.02 Å². The van der Waals surface area contributed by atoms with E-state index in [-0.39, 0.29) is 6.61 Å². The highest BCUT2D eigenvalue weighted by molar-refractivity contribution is 6.30. The smallest absolute Gasteiger partial charge is 0.355 e. The number of aryl methyl sites for hydroxylation is 1. The zero-order chi connectivity index (χ0) is 18.7. The first-order valence-electron chi connectivity index (χ1n) is 8.18. The Balaban J connectivity index is 2.05. The van der Waals surface area contributed by atoms with Crippen LogP contribution in [0.25, 0.3) is 22.3 Å². The summed E-state index contributed by atoms with van der Waals surface area (Å²) in [7, 11) is 1.73. The van der Waals surface area contributed by atoms with E-state index in [1.54, 1.807) is 24.7 Å². The van der Waals surface area contributed by atoms with Gasteiger partial charge in [0.15, 0.2) is 0 Å². The van der Waals surface area contributed by atoms with Gasteiger partial charge >= 0.3 is 5.97 Å². The van der Waals surface area contributed by atoms with Crippen molar-refractivity contribution < 1.29 is 9.53 Å². The third kappa shape index (κ3) is 3.35. The average Bonchev–Trinajstić information content (AvgIpc) is 2.99. The van der Waals surface area contributed by atoms with E-state index in [9.17, 15) is 10.1 Å². The standard InChI is InChI=1S/C21H17ClN2O2/c1-3-26-21(25)20-19(17(12-23)13-24(20)2)16-6-4-14(5-7-16)15-8-10-18(22)11-9-15/h4-11,13H,3H2,1-2H3. The van der Waals surface area contributed by atoms with E-state index >= 15 is 0 Å². The van der Waals surface area contributed by atoms with E-state index in [0.717, 1.165) is 16.7 Å². The molecule has 1 aromatic heterocycles. The Morgan fingerprint density at radius 3 is 2.15 bits per heavy atom. The Bertz CT molecular complexity index is 981. The molecule has 0 bridgehead atoms. The number of hydrogen-bond acceptors (Lipinski definition) is 3. The van der Waals surface area contributed by atoms with Gasteiger partial charge in [0.1, 0.15) is 11.8 Å². The fourth-order valence-corrected chi connectivity index (χ4v) is 3.05. The Morgan fingerprint density at radius 2 is 1.62 bits per heavy atom. The van der Waals surface area contributed by atoms with Gasteiger partial charge in [0.2, 0.25) is 0 Å². The molecular weight excluding hydrogens is 348 g/mol. The molecule has 0 aliphatic rings. The summed E-state index contributed by atoms with van der Waals surface area (Å²) in [5.74, 6) is -0.437. The lowest BCUT2D eigenvalue weighted by Crippen LogP contribution is -2.10. The second-order valence-corrected chi connectivity index (χ2v) is 6.23. The molecule has 0 saturated carbocycles. The van der Waals surface area contributed by atoms with Crippen LogP contribution in [0.4, 0.5) is 0 Å². The molecular formula is C21H17ClN2O2. The van der Waals surface area contributed by atoms with Crippen LogP contribution in [0.5, 0.6) is 0 Å². The fourth-order valence-electron chi connectivity index (χ4n) is 2.92. The first-order valence-corrected chi connectivity index (χ1v) is 8.56.